The standard InChI is InChI=1S/C15H16F3N5S/c16-15(17,18)11-2-1-3-12(10-11)22-6-8-23(9-7-22)14(24)20-13-4-5-19-21-13/h1-5,10H,6-9H2,(H2,19,20,21,24). The van der Waals surface area contributed by atoms with Crippen LogP contribution in [0.1, 0.15) is 5.56 Å². The van der Waals surface area contributed by atoms with E-state index >= 15 is 0 Å². The first-order valence-corrected chi connectivity index (χ1v) is 7.82. The summed E-state index contributed by atoms with van der Waals surface area (Å²) in [4.78, 5) is 3.91. The zero-order valence-corrected chi connectivity index (χ0v) is 13.5. The predicted octanol–water partition coefficient (Wildman–Crippen LogP) is 2.95. The van der Waals surface area contributed by atoms with Crippen molar-refractivity contribution in [3.63, 3.8) is 0 Å². The van der Waals surface area contributed by atoms with Gasteiger partial charge in [-0.15, -0.1) is 0 Å². The number of nitrogens with one attached hydrogen (secondary N) is 2. The van der Waals surface area contributed by atoms with Crippen LogP contribution in [0.25, 0.3) is 0 Å². The zero-order valence-electron chi connectivity index (χ0n) is 12.7. The first kappa shape index (κ1) is 16.6. The van der Waals surface area contributed by atoms with E-state index in [0.29, 0.717) is 42.8 Å². The summed E-state index contributed by atoms with van der Waals surface area (Å²) in [5.74, 6) is 0.639. The second-order valence-electron chi connectivity index (χ2n) is 5.41. The lowest BCUT2D eigenvalue weighted by Crippen LogP contribution is -2.50. The number of aromatic amines is 1. The lowest BCUT2D eigenvalue weighted by atomic mass is 10.1. The Morgan fingerprint density at radius 1 is 1.17 bits per heavy atom. The van der Waals surface area contributed by atoms with E-state index in [-0.39, 0.29) is 0 Å². The summed E-state index contributed by atoms with van der Waals surface area (Å²) in [6, 6.07) is 7.18. The summed E-state index contributed by atoms with van der Waals surface area (Å²) in [6.45, 7) is 2.46. The lowest BCUT2D eigenvalue weighted by Gasteiger charge is -2.37. The molecule has 1 aliphatic heterocycles. The van der Waals surface area contributed by atoms with Gasteiger partial charge in [0.15, 0.2) is 10.9 Å². The molecule has 0 spiro atoms. The van der Waals surface area contributed by atoms with E-state index in [2.05, 4.69) is 15.5 Å². The molecule has 1 fully saturated rings. The third-order valence-corrected chi connectivity index (χ3v) is 4.20. The van der Waals surface area contributed by atoms with Gasteiger partial charge in [0.25, 0.3) is 0 Å². The van der Waals surface area contributed by atoms with E-state index in [9.17, 15) is 13.2 Å². The second-order valence-corrected chi connectivity index (χ2v) is 5.80. The van der Waals surface area contributed by atoms with E-state index in [1.165, 1.54) is 12.1 Å². The van der Waals surface area contributed by atoms with Crippen LogP contribution in [0.4, 0.5) is 24.7 Å². The minimum absolute atomic E-state index is 0.561. The molecule has 0 atom stereocenters. The van der Waals surface area contributed by atoms with Crippen molar-refractivity contribution in [1.29, 1.82) is 0 Å². The van der Waals surface area contributed by atoms with Crippen molar-refractivity contribution in [3.8, 4) is 0 Å². The number of H-pyrrole nitrogens is 1. The van der Waals surface area contributed by atoms with Crippen LogP contribution in [0, 0.1) is 0 Å². The SMILES string of the molecule is FC(F)(F)c1cccc(N2CCN(C(=S)Nc3cc[nH]n3)CC2)c1. The maximum absolute atomic E-state index is 12.8. The van der Waals surface area contributed by atoms with Crippen molar-refractivity contribution >= 4 is 28.8 Å². The fraction of sp³-hybridized carbons (Fsp3) is 0.333. The van der Waals surface area contributed by atoms with Crippen LogP contribution in [0.5, 0.6) is 0 Å². The number of piperazine rings is 1. The molecule has 1 aromatic heterocycles. The summed E-state index contributed by atoms with van der Waals surface area (Å²) in [5, 5.41) is 10.3. The summed E-state index contributed by atoms with van der Waals surface area (Å²) >= 11 is 5.34. The molecule has 2 N–H and O–H groups in total. The average Bonchev–Trinajstić information content (AvgIpc) is 3.07. The van der Waals surface area contributed by atoms with Gasteiger partial charge in [0.1, 0.15) is 0 Å². The van der Waals surface area contributed by atoms with Crippen LogP contribution in [-0.4, -0.2) is 46.4 Å². The third-order valence-electron chi connectivity index (χ3n) is 3.84. The smallest absolute Gasteiger partial charge is 0.368 e. The van der Waals surface area contributed by atoms with Crippen LogP contribution in [0.3, 0.4) is 0 Å². The summed E-state index contributed by atoms with van der Waals surface area (Å²) in [6.07, 6.45) is -2.64. The highest BCUT2D eigenvalue weighted by atomic mass is 32.1. The fourth-order valence-electron chi connectivity index (χ4n) is 2.57. The fourth-order valence-corrected chi connectivity index (χ4v) is 2.85. The highest BCUT2D eigenvalue weighted by Crippen LogP contribution is 2.31. The topological polar surface area (TPSA) is 47.2 Å². The highest BCUT2D eigenvalue weighted by molar-refractivity contribution is 7.80. The van der Waals surface area contributed by atoms with Gasteiger partial charge in [0, 0.05) is 44.1 Å². The normalized spacial score (nSPS) is 15.5. The number of hydrogen-bond donors (Lipinski definition) is 2. The number of alkyl halides is 3. The van der Waals surface area contributed by atoms with Gasteiger partial charge in [0.05, 0.1) is 5.56 Å². The Balaban J connectivity index is 1.60. The van der Waals surface area contributed by atoms with Gasteiger partial charge in [-0.2, -0.15) is 18.3 Å². The summed E-state index contributed by atoms with van der Waals surface area (Å²) in [7, 11) is 0. The predicted molar refractivity (Wildman–Crippen MR) is 90.0 cm³/mol. The Kier molecular flexibility index (Phi) is 4.61. The molecule has 0 unspecified atom stereocenters. The van der Waals surface area contributed by atoms with Crippen LogP contribution in [-0.2, 0) is 6.18 Å². The molecule has 0 amide bonds. The van der Waals surface area contributed by atoms with Crippen LogP contribution >= 0.6 is 12.2 Å². The second kappa shape index (κ2) is 6.68. The first-order chi connectivity index (χ1) is 11.4. The molecule has 0 bridgehead atoms. The molecule has 1 aromatic carbocycles. The quantitative estimate of drug-likeness (QED) is 0.811. The molecule has 24 heavy (non-hydrogen) atoms. The first-order valence-electron chi connectivity index (χ1n) is 7.41. The van der Waals surface area contributed by atoms with Crippen molar-refractivity contribution in [2.24, 2.45) is 0 Å². The number of nitrogens with zero attached hydrogens (tertiary/aromatic N) is 3. The van der Waals surface area contributed by atoms with Crippen molar-refractivity contribution < 1.29 is 13.2 Å². The Morgan fingerprint density at radius 3 is 2.54 bits per heavy atom. The Morgan fingerprint density at radius 2 is 1.92 bits per heavy atom. The van der Waals surface area contributed by atoms with E-state index < -0.39 is 11.7 Å². The monoisotopic (exact) mass is 355 g/mol. The Bertz CT molecular complexity index is 693. The minimum Gasteiger partial charge on any atom is -0.368 e. The molecular formula is C15H16F3N5S. The van der Waals surface area contributed by atoms with Crippen molar-refractivity contribution in [2.45, 2.75) is 6.18 Å². The Labute approximate surface area is 142 Å². The van der Waals surface area contributed by atoms with Gasteiger partial charge in [-0.25, -0.2) is 0 Å². The van der Waals surface area contributed by atoms with Crippen molar-refractivity contribution in [2.75, 3.05) is 36.4 Å². The molecule has 1 aliphatic rings. The highest BCUT2D eigenvalue weighted by Gasteiger charge is 2.31. The van der Waals surface area contributed by atoms with Crippen molar-refractivity contribution in [1.82, 2.24) is 15.1 Å². The molecule has 0 saturated carbocycles. The number of aromatic nitrogens is 2. The largest absolute Gasteiger partial charge is 0.416 e. The van der Waals surface area contributed by atoms with E-state index in [4.69, 9.17) is 12.2 Å². The molecule has 128 valence electrons. The van der Waals surface area contributed by atoms with Gasteiger partial charge < -0.3 is 15.1 Å². The molecule has 2 heterocycles. The molecular weight excluding hydrogens is 339 g/mol. The van der Waals surface area contributed by atoms with Crippen LogP contribution < -0.4 is 10.2 Å². The van der Waals surface area contributed by atoms with Crippen LogP contribution in [0.15, 0.2) is 36.5 Å². The van der Waals surface area contributed by atoms with Gasteiger partial charge in [0.2, 0.25) is 0 Å². The lowest BCUT2D eigenvalue weighted by molar-refractivity contribution is -0.137. The summed E-state index contributed by atoms with van der Waals surface area (Å²) < 4.78 is 38.5. The molecule has 0 aliphatic carbocycles. The molecule has 0 radical (unpaired) electrons. The number of thiocarbonyl (C=S) groups is 1. The number of anilines is 2. The third kappa shape index (κ3) is 3.78. The molecule has 3 rings (SSSR count). The Hall–Kier alpha value is -2.29. The van der Waals surface area contributed by atoms with Gasteiger partial charge in [-0.05, 0) is 30.4 Å². The van der Waals surface area contributed by atoms with Gasteiger partial charge in [-0.1, -0.05) is 6.07 Å². The van der Waals surface area contributed by atoms with Gasteiger partial charge in [-0.3, -0.25) is 5.10 Å². The minimum atomic E-state index is -4.33. The average molecular weight is 355 g/mol. The molecule has 2 aromatic rings. The number of benzene rings is 1. The van der Waals surface area contributed by atoms with Crippen LogP contribution in [0.2, 0.25) is 0 Å². The maximum Gasteiger partial charge on any atom is 0.416 e. The van der Waals surface area contributed by atoms with Crippen molar-refractivity contribution in [3.05, 3.63) is 42.1 Å². The van der Waals surface area contributed by atoms with Gasteiger partial charge >= 0.3 is 6.18 Å². The molecule has 9 heteroatoms. The molecule has 5 nitrogen and oxygen atoms in total. The van der Waals surface area contributed by atoms with E-state index in [1.807, 2.05) is 9.80 Å². The maximum atomic E-state index is 12.8. The number of hydrogen-bond acceptors (Lipinski definition) is 3. The number of halogens is 3. The van der Waals surface area contributed by atoms with E-state index in [1.54, 1.807) is 18.3 Å². The number of rotatable bonds is 2. The molecule has 1 saturated heterocycles. The summed E-state index contributed by atoms with van der Waals surface area (Å²) in [5.41, 5.74) is -0.0474. The zero-order chi connectivity index (χ0) is 17.2. The van der Waals surface area contributed by atoms with E-state index in [0.717, 1.165) is 6.07 Å².